The van der Waals surface area contributed by atoms with Gasteiger partial charge in [0.15, 0.2) is 0 Å². The van der Waals surface area contributed by atoms with Crippen LogP contribution in [0.4, 0.5) is 5.69 Å². The number of rotatable bonds is 6. The maximum absolute atomic E-state index is 8.30. The van der Waals surface area contributed by atoms with Gasteiger partial charge in [0.1, 0.15) is 0 Å². The maximum Gasteiger partial charge on any atom is 0.0732 e. The number of aromatic nitrogens is 1. The SMILES string of the molecule is CCCC(=N)c1cc(C)nc2cc(NCc3cccs3)ccc12. The van der Waals surface area contributed by atoms with Crippen LogP contribution in [0, 0.1) is 12.3 Å². The molecule has 2 heterocycles. The molecule has 2 aromatic heterocycles. The van der Waals surface area contributed by atoms with Crippen molar-refractivity contribution in [1.82, 2.24) is 4.98 Å². The van der Waals surface area contributed by atoms with Gasteiger partial charge in [0.25, 0.3) is 0 Å². The molecule has 0 saturated heterocycles. The van der Waals surface area contributed by atoms with E-state index in [2.05, 4.69) is 52.9 Å². The van der Waals surface area contributed by atoms with E-state index in [4.69, 9.17) is 5.41 Å². The van der Waals surface area contributed by atoms with Gasteiger partial charge in [-0.1, -0.05) is 25.5 Å². The summed E-state index contributed by atoms with van der Waals surface area (Å²) in [6, 6.07) is 12.5. The molecule has 2 N–H and O–H groups in total. The van der Waals surface area contributed by atoms with E-state index in [1.54, 1.807) is 11.3 Å². The molecule has 0 amide bonds. The highest BCUT2D eigenvalue weighted by Crippen LogP contribution is 2.24. The van der Waals surface area contributed by atoms with Gasteiger partial charge in [-0.3, -0.25) is 4.98 Å². The number of nitrogens with zero attached hydrogens (tertiary/aromatic N) is 1. The molecule has 0 radical (unpaired) electrons. The molecule has 0 aliphatic heterocycles. The predicted octanol–water partition coefficient (Wildman–Crippen LogP) is 5.38. The summed E-state index contributed by atoms with van der Waals surface area (Å²) in [5, 5.41) is 14.9. The highest BCUT2D eigenvalue weighted by Gasteiger charge is 2.09. The third kappa shape index (κ3) is 3.59. The standard InChI is InChI=1S/C19H21N3S/c1-3-5-18(20)17-10-13(2)22-19-11-14(7-8-16(17)19)21-12-15-6-4-9-23-15/h4,6-11,20-21H,3,5,12H2,1-2H3. The lowest BCUT2D eigenvalue weighted by atomic mass is 10.0. The van der Waals surface area contributed by atoms with E-state index >= 15 is 0 Å². The van der Waals surface area contributed by atoms with Gasteiger partial charge < -0.3 is 10.7 Å². The molecular weight excluding hydrogens is 302 g/mol. The van der Waals surface area contributed by atoms with Crippen LogP contribution in [0.15, 0.2) is 41.8 Å². The molecule has 0 aliphatic carbocycles. The number of nitrogens with one attached hydrogen (secondary N) is 2. The van der Waals surface area contributed by atoms with Crippen LogP contribution in [0.5, 0.6) is 0 Å². The molecule has 3 aromatic rings. The minimum Gasteiger partial charge on any atom is -0.380 e. The number of pyridine rings is 1. The molecule has 23 heavy (non-hydrogen) atoms. The quantitative estimate of drug-likeness (QED) is 0.598. The van der Waals surface area contributed by atoms with E-state index in [1.165, 1.54) is 4.88 Å². The Kier molecular flexibility index (Phi) is 4.72. The van der Waals surface area contributed by atoms with Gasteiger partial charge in [-0.15, -0.1) is 11.3 Å². The van der Waals surface area contributed by atoms with E-state index in [9.17, 15) is 0 Å². The van der Waals surface area contributed by atoms with Crippen LogP contribution >= 0.6 is 11.3 Å². The average molecular weight is 323 g/mol. The fraction of sp³-hybridized carbons (Fsp3) is 0.263. The van der Waals surface area contributed by atoms with Crippen molar-refractivity contribution in [2.75, 3.05) is 5.32 Å². The van der Waals surface area contributed by atoms with E-state index < -0.39 is 0 Å². The van der Waals surface area contributed by atoms with Crippen molar-refractivity contribution < 1.29 is 0 Å². The van der Waals surface area contributed by atoms with Gasteiger partial charge in [-0.05, 0) is 43.0 Å². The topological polar surface area (TPSA) is 48.8 Å². The number of hydrogen-bond acceptors (Lipinski definition) is 4. The van der Waals surface area contributed by atoms with E-state index in [0.29, 0.717) is 5.71 Å². The molecule has 0 aliphatic rings. The molecule has 1 aromatic carbocycles. The smallest absolute Gasteiger partial charge is 0.0732 e. The summed E-state index contributed by atoms with van der Waals surface area (Å²) >= 11 is 1.75. The first-order chi connectivity index (χ1) is 11.2. The molecule has 4 heteroatoms. The molecule has 3 nitrogen and oxygen atoms in total. The minimum absolute atomic E-state index is 0.697. The van der Waals surface area contributed by atoms with Crippen molar-refractivity contribution in [3.63, 3.8) is 0 Å². The first kappa shape index (κ1) is 15.7. The highest BCUT2D eigenvalue weighted by molar-refractivity contribution is 7.09. The molecule has 0 unspecified atom stereocenters. The molecule has 0 atom stereocenters. The lowest BCUT2D eigenvalue weighted by Gasteiger charge is -2.11. The van der Waals surface area contributed by atoms with Gasteiger partial charge in [-0.2, -0.15) is 0 Å². The van der Waals surface area contributed by atoms with Crippen molar-refractivity contribution in [2.24, 2.45) is 0 Å². The van der Waals surface area contributed by atoms with Crippen LogP contribution in [0.1, 0.15) is 35.9 Å². The van der Waals surface area contributed by atoms with Crippen LogP contribution in [0.3, 0.4) is 0 Å². The molecule has 3 rings (SSSR count). The molecular formula is C19H21N3S. The molecule has 0 spiro atoms. The van der Waals surface area contributed by atoms with Gasteiger partial charge in [0.05, 0.1) is 5.52 Å². The lowest BCUT2D eigenvalue weighted by Crippen LogP contribution is -2.03. The van der Waals surface area contributed by atoms with E-state index in [0.717, 1.165) is 47.2 Å². The number of fused-ring (bicyclic) bond motifs is 1. The van der Waals surface area contributed by atoms with Crippen LogP contribution < -0.4 is 5.32 Å². The number of aryl methyl sites for hydroxylation is 1. The summed E-state index contributed by atoms with van der Waals surface area (Å²) in [6.07, 6.45) is 1.79. The normalized spacial score (nSPS) is 10.9. The fourth-order valence-electron chi connectivity index (χ4n) is 2.71. The summed E-state index contributed by atoms with van der Waals surface area (Å²) in [5.74, 6) is 0. The summed E-state index contributed by atoms with van der Waals surface area (Å²) < 4.78 is 0. The van der Waals surface area contributed by atoms with Gasteiger partial charge >= 0.3 is 0 Å². The second-order valence-corrected chi connectivity index (χ2v) is 6.74. The highest BCUT2D eigenvalue weighted by atomic mass is 32.1. The second kappa shape index (κ2) is 6.92. The Hall–Kier alpha value is -2.20. The van der Waals surface area contributed by atoms with Crippen molar-refractivity contribution in [3.8, 4) is 0 Å². The van der Waals surface area contributed by atoms with Gasteiger partial charge in [0.2, 0.25) is 0 Å². The number of hydrogen-bond donors (Lipinski definition) is 2. The zero-order valence-corrected chi connectivity index (χ0v) is 14.3. The second-order valence-electron chi connectivity index (χ2n) is 5.70. The third-order valence-corrected chi connectivity index (χ3v) is 4.69. The largest absolute Gasteiger partial charge is 0.380 e. The predicted molar refractivity (Wildman–Crippen MR) is 99.9 cm³/mol. The molecule has 118 valence electrons. The molecule has 0 fully saturated rings. The lowest BCUT2D eigenvalue weighted by molar-refractivity contribution is 0.986. The number of benzene rings is 1. The van der Waals surface area contributed by atoms with Crippen molar-refractivity contribution in [2.45, 2.75) is 33.2 Å². The van der Waals surface area contributed by atoms with Gasteiger partial charge in [0, 0.05) is 39.5 Å². The van der Waals surface area contributed by atoms with Crippen LogP contribution in [0.25, 0.3) is 10.9 Å². The first-order valence-corrected chi connectivity index (χ1v) is 8.81. The number of thiophene rings is 1. The fourth-order valence-corrected chi connectivity index (χ4v) is 3.35. The Morgan fingerprint density at radius 1 is 1.26 bits per heavy atom. The molecule has 0 bridgehead atoms. The van der Waals surface area contributed by atoms with Crippen molar-refractivity contribution in [1.29, 1.82) is 5.41 Å². The summed E-state index contributed by atoms with van der Waals surface area (Å²) in [5.41, 5.74) is 4.69. The minimum atomic E-state index is 0.697. The average Bonchev–Trinajstić information content (AvgIpc) is 3.05. The third-order valence-electron chi connectivity index (χ3n) is 3.81. The Bertz CT molecular complexity index is 822. The zero-order valence-electron chi connectivity index (χ0n) is 13.5. The Morgan fingerprint density at radius 3 is 2.87 bits per heavy atom. The first-order valence-electron chi connectivity index (χ1n) is 7.93. The molecule has 0 saturated carbocycles. The Labute approximate surface area is 140 Å². The summed E-state index contributed by atoms with van der Waals surface area (Å²) in [6.45, 7) is 4.93. The Balaban J connectivity index is 1.91. The van der Waals surface area contributed by atoms with Crippen LogP contribution in [0.2, 0.25) is 0 Å². The van der Waals surface area contributed by atoms with E-state index in [1.807, 2.05) is 13.0 Å². The Morgan fingerprint density at radius 2 is 2.13 bits per heavy atom. The monoisotopic (exact) mass is 323 g/mol. The van der Waals surface area contributed by atoms with Gasteiger partial charge in [-0.25, -0.2) is 0 Å². The van der Waals surface area contributed by atoms with Crippen molar-refractivity contribution >= 4 is 33.6 Å². The number of anilines is 1. The summed E-state index contributed by atoms with van der Waals surface area (Å²) in [7, 11) is 0. The summed E-state index contributed by atoms with van der Waals surface area (Å²) in [4.78, 5) is 5.96. The van der Waals surface area contributed by atoms with E-state index in [-0.39, 0.29) is 0 Å². The van der Waals surface area contributed by atoms with Crippen LogP contribution in [-0.4, -0.2) is 10.7 Å². The van der Waals surface area contributed by atoms with Crippen LogP contribution in [-0.2, 0) is 6.54 Å². The van der Waals surface area contributed by atoms with Crippen molar-refractivity contribution in [3.05, 3.63) is 57.9 Å². The maximum atomic E-state index is 8.30. The zero-order chi connectivity index (χ0) is 16.2.